The minimum atomic E-state index is 0.563. The maximum absolute atomic E-state index is 4.52. The summed E-state index contributed by atoms with van der Waals surface area (Å²) in [6.45, 7) is 6.29. The lowest BCUT2D eigenvalue weighted by molar-refractivity contribution is 0.262. The summed E-state index contributed by atoms with van der Waals surface area (Å²) in [5.74, 6) is 0. The first-order chi connectivity index (χ1) is 8.15. The summed E-state index contributed by atoms with van der Waals surface area (Å²) in [7, 11) is 2.13. The molecule has 1 saturated carbocycles. The third-order valence-corrected chi connectivity index (χ3v) is 3.35. The van der Waals surface area contributed by atoms with Gasteiger partial charge in [-0.05, 0) is 45.4 Å². The van der Waals surface area contributed by atoms with E-state index in [9.17, 15) is 0 Å². The zero-order valence-electron chi connectivity index (χ0n) is 11.1. The maximum Gasteiger partial charge on any atom is 0.0544 e. The number of hydrogen-bond donors (Lipinski definition) is 1. The highest BCUT2D eigenvalue weighted by Gasteiger charge is 2.19. The second-order valence-electron chi connectivity index (χ2n) is 5.32. The number of aromatic nitrogens is 1. The van der Waals surface area contributed by atoms with Crippen LogP contribution in [0.4, 0.5) is 0 Å². The van der Waals surface area contributed by atoms with Gasteiger partial charge in [0.05, 0.1) is 5.69 Å². The van der Waals surface area contributed by atoms with Crippen LogP contribution in [0.3, 0.4) is 0 Å². The molecule has 0 atom stereocenters. The van der Waals surface area contributed by atoms with Crippen LogP contribution in [0, 0.1) is 0 Å². The molecule has 94 valence electrons. The smallest absolute Gasteiger partial charge is 0.0544 e. The van der Waals surface area contributed by atoms with Gasteiger partial charge in [0, 0.05) is 31.4 Å². The summed E-state index contributed by atoms with van der Waals surface area (Å²) >= 11 is 0. The Morgan fingerprint density at radius 2 is 2.18 bits per heavy atom. The van der Waals surface area contributed by atoms with E-state index in [1.165, 1.54) is 18.4 Å². The number of nitrogens with one attached hydrogen (secondary N) is 1. The van der Waals surface area contributed by atoms with E-state index in [-0.39, 0.29) is 0 Å². The summed E-state index contributed by atoms with van der Waals surface area (Å²) in [4.78, 5) is 6.81. The number of nitrogens with zero attached hydrogens (tertiary/aromatic N) is 2. The molecule has 0 saturated heterocycles. The Labute approximate surface area is 104 Å². The molecular formula is C14H23N3. The average Bonchev–Trinajstić information content (AvgIpc) is 3.12. The lowest BCUT2D eigenvalue weighted by Gasteiger charge is -2.20. The highest BCUT2D eigenvalue weighted by atomic mass is 15.1. The standard InChI is InChI=1S/C14H23N3/c1-11(2)17(3)10-14-5-4-12(9-16-14)8-15-13-6-7-13/h4-5,9,11,13,15H,6-8,10H2,1-3H3. The van der Waals surface area contributed by atoms with Crippen molar-refractivity contribution in [1.29, 1.82) is 0 Å². The van der Waals surface area contributed by atoms with Gasteiger partial charge in [0.2, 0.25) is 0 Å². The Bertz CT molecular complexity index is 341. The zero-order chi connectivity index (χ0) is 12.3. The maximum atomic E-state index is 4.52. The van der Waals surface area contributed by atoms with E-state index < -0.39 is 0 Å². The topological polar surface area (TPSA) is 28.2 Å². The highest BCUT2D eigenvalue weighted by Crippen LogP contribution is 2.19. The van der Waals surface area contributed by atoms with Crippen molar-refractivity contribution in [2.75, 3.05) is 7.05 Å². The van der Waals surface area contributed by atoms with Crippen molar-refractivity contribution in [2.24, 2.45) is 0 Å². The molecule has 1 aromatic rings. The molecule has 3 nitrogen and oxygen atoms in total. The quantitative estimate of drug-likeness (QED) is 0.816. The molecule has 1 fully saturated rings. The molecule has 3 heteroatoms. The van der Waals surface area contributed by atoms with E-state index in [0.29, 0.717) is 6.04 Å². The molecular weight excluding hydrogens is 210 g/mol. The molecule has 0 spiro atoms. The number of pyridine rings is 1. The van der Waals surface area contributed by atoms with Crippen molar-refractivity contribution < 1.29 is 0 Å². The van der Waals surface area contributed by atoms with E-state index in [4.69, 9.17) is 0 Å². The Morgan fingerprint density at radius 3 is 2.71 bits per heavy atom. The summed E-state index contributed by atoms with van der Waals surface area (Å²) in [5.41, 5.74) is 2.43. The average molecular weight is 233 g/mol. The van der Waals surface area contributed by atoms with Crippen molar-refractivity contribution >= 4 is 0 Å². The van der Waals surface area contributed by atoms with Gasteiger partial charge in [0.25, 0.3) is 0 Å². The molecule has 0 aliphatic heterocycles. The predicted octanol–water partition coefficient (Wildman–Crippen LogP) is 2.17. The predicted molar refractivity (Wildman–Crippen MR) is 70.7 cm³/mol. The summed E-state index contributed by atoms with van der Waals surface area (Å²) in [6, 6.07) is 5.66. The van der Waals surface area contributed by atoms with Gasteiger partial charge in [-0.2, -0.15) is 0 Å². The molecule has 0 unspecified atom stereocenters. The van der Waals surface area contributed by atoms with Gasteiger partial charge in [-0.1, -0.05) is 6.07 Å². The summed E-state index contributed by atoms with van der Waals surface area (Å²) < 4.78 is 0. The monoisotopic (exact) mass is 233 g/mol. The van der Waals surface area contributed by atoms with Crippen LogP contribution in [0.2, 0.25) is 0 Å². The molecule has 1 aliphatic rings. The second-order valence-corrected chi connectivity index (χ2v) is 5.32. The molecule has 1 aromatic heterocycles. The summed E-state index contributed by atoms with van der Waals surface area (Å²) in [6.07, 6.45) is 4.67. The minimum Gasteiger partial charge on any atom is -0.310 e. The van der Waals surface area contributed by atoms with Gasteiger partial charge in [0.1, 0.15) is 0 Å². The largest absolute Gasteiger partial charge is 0.310 e. The number of rotatable bonds is 6. The van der Waals surface area contributed by atoms with Crippen molar-refractivity contribution in [3.63, 3.8) is 0 Å². The van der Waals surface area contributed by atoms with E-state index in [0.717, 1.165) is 24.8 Å². The minimum absolute atomic E-state index is 0.563. The van der Waals surface area contributed by atoms with Crippen LogP contribution in [0.25, 0.3) is 0 Å². The van der Waals surface area contributed by atoms with Gasteiger partial charge in [-0.15, -0.1) is 0 Å². The van der Waals surface area contributed by atoms with Crippen molar-refractivity contribution in [1.82, 2.24) is 15.2 Å². The lowest BCUT2D eigenvalue weighted by Crippen LogP contribution is -2.26. The Kier molecular flexibility index (Phi) is 4.13. The van der Waals surface area contributed by atoms with Crippen molar-refractivity contribution in [2.45, 2.75) is 51.9 Å². The molecule has 1 aliphatic carbocycles. The van der Waals surface area contributed by atoms with Crippen molar-refractivity contribution in [3.8, 4) is 0 Å². The second kappa shape index (κ2) is 5.61. The fourth-order valence-corrected chi connectivity index (χ4v) is 1.64. The van der Waals surface area contributed by atoms with Gasteiger partial charge in [0.15, 0.2) is 0 Å². The molecule has 0 aromatic carbocycles. The van der Waals surface area contributed by atoms with E-state index in [1.54, 1.807) is 0 Å². The van der Waals surface area contributed by atoms with Gasteiger partial charge < -0.3 is 5.32 Å². The first kappa shape index (κ1) is 12.5. The SMILES string of the molecule is CC(C)N(C)Cc1ccc(CNC2CC2)cn1. The van der Waals surface area contributed by atoms with E-state index in [1.807, 2.05) is 6.20 Å². The molecule has 0 radical (unpaired) electrons. The first-order valence-corrected chi connectivity index (χ1v) is 6.52. The molecule has 0 amide bonds. The van der Waals surface area contributed by atoms with Crippen molar-refractivity contribution in [3.05, 3.63) is 29.6 Å². The number of hydrogen-bond acceptors (Lipinski definition) is 3. The van der Waals surface area contributed by atoms with Gasteiger partial charge in [-0.3, -0.25) is 9.88 Å². The van der Waals surface area contributed by atoms with Crippen LogP contribution < -0.4 is 5.32 Å². The Morgan fingerprint density at radius 1 is 1.41 bits per heavy atom. The van der Waals surface area contributed by atoms with E-state index >= 15 is 0 Å². The molecule has 1 heterocycles. The fraction of sp³-hybridized carbons (Fsp3) is 0.643. The van der Waals surface area contributed by atoms with Crippen LogP contribution in [-0.4, -0.2) is 29.0 Å². The normalized spacial score (nSPS) is 15.8. The molecule has 17 heavy (non-hydrogen) atoms. The summed E-state index contributed by atoms with van der Waals surface area (Å²) in [5, 5.41) is 3.50. The highest BCUT2D eigenvalue weighted by molar-refractivity contribution is 5.14. The van der Waals surface area contributed by atoms with Crippen LogP contribution in [0.5, 0.6) is 0 Å². The molecule has 2 rings (SSSR count). The van der Waals surface area contributed by atoms with Crippen LogP contribution in [0.1, 0.15) is 37.9 Å². The van der Waals surface area contributed by atoms with Crippen LogP contribution in [0.15, 0.2) is 18.3 Å². The van der Waals surface area contributed by atoms with Gasteiger partial charge >= 0.3 is 0 Å². The molecule has 0 bridgehead atoms. The Balaban J connectivity index is 1.83. The third-order valence-electron chi connectivity index (χ3n) is 3.35. The third kappa shape index (κ3) is 4.10. The van der Waals surface area contributed by atoms with Crippen LogP contribution >= 0.6 is 0 Å². The molecule has 1 N–H and O–H groups in total. The zero-order valence-corrected chi connectivity index (χ0v) is 11.1. The first-order valence-electron chi connectivity index (χ1n) is 6.52. The fourth-order valence-electron chi connectivity index (χ4n) is 1.64. The van der Waals surface area contributed by atoms with Gasteiger partial charge in [-0.25, -0.2) is 0 Å². The van der Waals surface area contributed by atoms with E-state index in [2.05, 4.69) is 48.2 Å². The van der Waals surface area contributed by atoms with Crippen LogP contribution in [-0.2, 0) is 13.1 Å². The Hall–Kier alpha value is -0.930. The lowest BCUT2D eigenvalue weighted by atomic mass is 10.2.